The quantitative estimate of drug-likeness (QED) is 0.872. The van der Waals surface area contributed by atoms with Gasteiger partial charge in [-0.25, -0.2) is 0 Å². The number of fused-ring (bicyclic) bond motifs is 1. The summed E-state index contributed by atoms with van der Waals surface area (Å²) >= 11 is 0. The van der Waals surface area contributed by atoms with E-state index in [0.29, 0.717) is 25.4 Å². The zero-order valence-corrected chi connectivity index (χ0v) is 15.0. The van der Waals surface area contributed by atoms with E-state index in [1.54, 1.807) is 6.07 Å². The van der Waals surface area contributed by atoms with Gasteiger partial charge in [-0.1, -0.05) is 24.3 Å². The van der Waals surface area contributed by atoms with E-state index in [9.17, 15) is 9.90 Å². The lowest BCUT2D eigenvalue weighted by molar-refractivity contribution is -0.133. The fourth-order valence-corrected chi connectivity index (χ4v) is 3.86. The molecule has 0 spiro atoms. The number of aromatic hydroxyl groups is 1. The number of phenolic OH excluding ortho intramolecular Hbond substituents is 1. The van der Waals surface area contributed by atoms with Gasteiger partial charge in [0.25, 0.3) is 0 Å². The average Bonchev–Trinajstić information content (AvgIpc) is 3.08. The molecule has 2 N–H and O–H groups in total. The molecule has 0 saturated carbocycles. The molecule has 4 rings (SSSR count). The molecule has 26 heavy (non-hydrogen) atoms. The van der Waals surface area contributed by atoms with Crippen molar-refractivity contribution >= 4 is 5.91 Å². The molecule has 1 fully saturated rings. The number of ether oxygens (including phenoxy) is 1. The molecule has 5 nitrogen and oxygen atoms in total. The Morgan fingerprint density at radius 2 is 2.15 bits per heavy atom. The first kappa shape index (κ1) is 16.9. The predicted octanol–water partition coefficient (Wildman–Crippen LogP) is 2.84. The summed E-state index contributed by atoms with van der Waals surface area (Å²) in [6.45, 7) is 4.33. The molecular weight excluding hydrogens is 328 g/mol. The summed E-state index contributed by atoms with van der Waals surface area (Å²) in [6, 6.07) is 11.8. The lowest BCUT2D eigenvalue weighted by atomic mass is 9.97. The Morgan fingerprint density at radius 1 is 1.31 bits per heavy atom. The first-order valence-corrected chi connectivity index (χ1v) is 9.20. The molecule has 0 unspecified atom stereocenters. The van der Waals surface area contributed by atoms with Crippen LogP contribution >= 0.6 is 0 Å². The molecule has 2 aliphatic heterocycles. The summed E-state index contributed by atoms with van der Waals surface area (Å²) in [5.41, 5.74) is 4.01. The first-order chi connectivity index (χ1) is 12.6. The van der Waals surface area contributed by atoms with Crippen molar-refractivity contribution in [3.63, 3.8) is 0 Å². The van der Waals surface area contributed by atoms with Crippen molar-refractivity contribution in [3.05, 3.63) is 47.5 Å². The summed E-state index contributed by atoms with van der Waals surface area (Å²) < 4.78 is 5.78. The van der Waals surface area contributed by atoms with E-state index in [1.165, 1.54) is 0 Å². The molecule has 1 amide bonds. The monoisotopic (exact) mass is 352 g/mol. The zero-order valence-electron chi connectivity index (χ0n) is 15.0. The van der Waals surface area contributed by atoms with Crippen LogP contribution < -0.4 is 10.1 Å². The maximum atomic E-state index is 12.8. The van der Waals surface area contributed by atoms with Gasteiger partial charge in [0.2, 0.25) is 5.91 Å². The Hall–Kier alpha value is -2.53. The smallest absolute Gasteiger partial charge is 0.240 e. The average molecular weight is 352 g/mol. The summed E-state index contributed by atoms with van der Waals surface area (Å²) in [7, 11) is 0. The zero-order chi connectivity index (χ0) is 18.1. The van der Waals surface area contributed by atoms with Crippen molar-refractivity contribution in [3.8, 4) is 22.6 Å². The molecule has 2 aromatic rings. The van der Waals surface area contributed by atoms with Crippen LogP contribution in [0.25, 0.3) is 11.1 Å². The number of carbonyl (C=O) groups excluding carboxylic acids is 1. The number of hydrogen-bond acceptors (Lipinski definition) is 4. The van der Waals surface area contributed by atoms with Crippen molar-refractivity contribution in [1.82, 2.24) is 10.2 Å². The van der Waals surface area contributed by atoms with Crippen molar-refractivity contribution in [2.45, 2.75) is 32.4 Å². The van der Waals surface area contributed by atoms with E-state index in [4.69, 9.17) is 4.74 Å². The highest BCUT2D eigenvalue weighted by atomic mass is 16.5. The van der Waals surface area contributed by atoms with Crippen LogP contribution in [0.1, 0.15) is 24.0 Å². The molecule has 2 aliphatic rings. The Bertz CT molecular complexity index is 828. The van der Waals surface area contributed by atoms with Gasteiger partial charge in [0.1, 0.15) is 6.61 Å². The summed E-state index contributed by atoms with van der Waals surface area (Å²) in [5, 5.41) is 13.8. The number of nitrogens with one attached hydrogen (secondary N) is 1. The van der Waals surface area contributed by atoms with Gasteiger partial charge in [0.15, 0.2) is 11.5 Å². The van der Waals surface area contributed by atoms with E-state index in [1.807, 2.05) is 29.2 Å². The lowest BCUT2D eigenvalue weighted by Crippen LogP contribution is -2.44. The van der Waals surface area contributed by atoms with Gasteiger partial charge in [-0.05, 0) is 55.1 Å². The Labute approximate surface area is 153 Å². The van der Waals surface area contributed by atoms with Crippen LogP contribution in [-0.2, 0) is 11.3 Å². The molecular formula is C21H24N2O3. The molecule has 0 aromatic heterocycles. The molecule has 1 saturated heterocycles. The van der Waals surface area contributed by atoms with E-state index in [0.717, 1.165) is 41.6 Å². The second kappa shape index (κ2) is 7.00. The maximum Gasteiger partial charge on any atom is 0.240 e. The highest BCUT2D eigenvalue weighted by Crippen LogP contribution is 2.38. The van der Waals surface area contributed by atoms with E-state index < -0.39 is 0 Å². The predicted molar refractivity (Wildman–Crippen MR) is 100 cm³/mol. The van der Waals surface area contributed by atoms with Crippen molar-refractivity contribution in [1.29, 1.82) is 0 Å². The van der Waals surface area contributed by atoms with Gasteiger partial charge in [0, 0.05) is 12.1 Å². The minimum absolute atomic E-state index is 0.0929. The van der Waals surface area contributed by atoms with Crippen LogP contribution in [0, 0.1) is 6.92 Å². The van der Waals surface area contributed by atoms with Gasteiger partial charge < -0.3 is 20.1 Å². The number of rotatable bonds is 2. The number of aryl methyl sites for hydroxylation is 1. The molecule has 136 valence electrons. The van der Waals surface area contributed by atoms with Crippen LogP contribution in [0.3, 0.4) is 0 Å². The van der Waals surface area contributed by atoms with Gasteiger partial charge in [0.05, 0.1) is 12.6 Å². The molecule has 0 aliphatic carbocycles. The lowest BCUT2D eigenvalue weighted by Gasteiger charge is -2.23. The highest BCUT2D eigenvalue weighted by Gasteiger charge is 2.29. The largest absolute Gasteiger partial charge is 0.504 e. The molecule has 5 heteroatoms. The Morgan fingerprint density at radius 3 is 2.92 bits per heavy atom. The molecule has 0 radical (unpaired) electrons. The van der Waals surface area contributed by atoms with Crippen LogP contribution in [0.15, 0.2) is 36.4 Å². The molecule has 2 heterocycles. The number of amides is 1. The van der Waals surface area contributed by atoms with Gasteiger partial charge in [-0.15, -0.1) is 0 Å². The Balaban J connectivity index is 1.68. The van der Waals surface area contributed by atoms with Crippen LogP contribution in [0.2, 0.25) is 0 Å². The van der Waals surface area contributed by atoms with Gasteiger partial charge in [-0.2, -0.15) is 0 Å². The number of nitrogens with zero attached hydrogens (tertiary/aromatic N) is 1. The van der Waals surface area contributed by atoms with E-state index in [2.05, 4.69) is 18.3 Å². The minimum Gasteiger partial charge on any atom is -0.504 e. The topological polar surface area (TPSA) is 61.8 Å². The van der Waals surface area contributed by atoms with Crippen molar-refractivity contribution in [2.75, 3.05) is 19.7 Å². The van der Waals surface area contributed by atoms with E-state index >= 15 is 0 Å². The third-order valence-corrected chi connectivity index (χ3v) is 5.24. The first-order valence-electron chi connectivity index (χ1n) is 9.20. The third-order valence-electron chi connectivity index (χ3n) is 5.24. The third kappa shape index (κ3) is 3.15. The number of hydrogen-bond donors (Lipinski definition) is 2. The second-order valence-corrected chi connectivity index (χ2v) is 7.06. The molecule has 0 bridgehead atoms. The number of benzene rings is 2. The number of phenols is 1. The summed E-state index contributed by atoms with van der Waals surface area (Å²) in [6.07, 6.45) is 1.92. The van der Waals surface area contributed by atoms with Crippen molar-refractivity contribution < 1.29 is 14.6 Å². The second-order valence-electron chi connectivity index (χ2n) is 7.06. The molecule has 2 aromatic carbocycles. The Kier molecular flexibility index (Phi) is 4.55. The SMILES string of the molecule is Cc1ccccc1-c1cc(O)c2c(c1)CN(C(=O)[C@H]1CCCN1)CCO2. The molecule has 1 atom stereocenters. The van der Waals surface area contributed by atoms with Crippen LogP contribution in [0.5, 0.6) is 11.5 Å². The van der Waals surface area contributed by atoms with Crippen LogP contribution in [0.4, 0.5) is 0 Å². The summed E-state index contributed by atoms with van der Waals surface area (Å²) in [5.74, 6) is 0.755. The van der Waals surface area contributed by atoms with Crippen molar-refractivity contribution in [2.24, 2.45) is 0 Å². The van der Waals surface area contributed by atoms with Gasteiger partial charge in [-0.3, -0.25) is 4.79 Å². The van der Waals surface area contributed by atoms with Gasteiger partial charge >= 0.3 is 0 Å². The van der Waals surface area contributed by atoms with Crippen LogP contribution in [-0.4, -0.2) is 41.7 Å². The minimum atomic E-state index is -0.0929. The standard InChI is InChI=1S/C21H24N2O3/c1-14-5-2-3-6-17(14)15-11-16-13-23(21(25)18-7-4-8-22-18)9-10-26-20(16)19(24)12-15/h2-3,5-6,11-12,18,22,24H,4,7-10,13H2,1H3/t18-/m1/s1. The maximum absolute atomic E-state index is 12.8. The normalized spacial score (nSPS) is 19.6. The highest BCUT2D eigenvalue weighted by molar-refractivity contribution is 5.82. The van der Waals surface area contributed by atoms with E-state index in [-0.39, 0.29) is 17.7 Å². The number of carbonyl (C=O) groups is 1. The summed E-state index contributed by atoms with van der Waals surface area (Å²) in [4.78, 5) is 14.6. The fraction of sp³-hybridized carbons (Fsp3) is 0.381. The fourth-order valence-electron chi connectivity index (χ4n) is 3.86.